The van der Waals surface area contributed by atoms with Crippen LogP contribution in [0.2, 0.25) is 0 Å². The molecule has 12 heavy (non-hydrogen) atoms. The lowest BCUT2D eigenvalue weighted by Gasteiger charge is -1.98. The number of carbonyl (C=O) groups excluding carboxylic acids is 1. The maximum Gasteiger partial charge on any atom is 0.319 e. The minimum absolute atomic E-state index is 0.231. The van der Waals surface area contributed by atoms with Gasteiger partial charge in [-0.1, -0.05) is 0 Å². The van der Waals surface area contributed by atoms with Gasteiger partial charge in [-0.15, -0.1) is 0 Å². The Morgan fingerprint density at radius 3 is 3.00 bits per heavy atom. The van der Waals surface area contributed by atoms with Gasteiger partial charge in [0.25, 0.3) is 0 Å². The fourth-order valence-electron chi connectivity index (χ4n) is 0.795. The van der Waals surface area contributed by atoms with Gasteiger partial charge in [0.05, 0.1) is 11.9 Å². The summed E-state index contributed by atoms with van der Waals surface area (Å²) in [6.07, 6.45) is 3.38. The van der Waals surface area contributed by atoms with Gasteiger partial charge in [-0.05, 0) is 6.92 Å². The molecule has 0 spiro atoms. The molecule has 0 saturated carbocycles. The topological polar surface area (TPSA) is 59.0 Å². The molecule has 0 fully saturated rings. The molecule has 0 aliphatic rings. The van der Waals surface area contributed by atoms with Crippen LogP contribution >= 0.6 is 0 Å². The lowest BCUT2D eigenvalue weighted by Crippen LogP contribution is -2.24. The smallest absolute Gasteiger partial charge is 0.319 e. The van der Waals surface area contributed by atoms with E-state index < -0.39 is 0 Å². The predicted molar refractivity (Wildman–Crippen MR) is 46.0 cm³/mol. The zero-order chi connectivity index (χ0) is 8.97. The number of anilines is 1. The molecule has 1 aromatic heterocycles. The second-order valence-electron chi connectivity index (χ2n) is 2.29. The van der Waals surface area contributed by atoms with Crippen LogP contribution in [0, 0.1) is 0 Å². The van der Waals surface area contributed by atoms with Crippen LogP contribution < -0.4 is 10.6 Å². The van der Waals surface area contributed by atoms with Crippen molar-refractivity contribution in [2.24, 2.45) is 0 Å². The molecule has 0 saturated heterocycles. The average molecular weight is 168 g/mol. The number of urea groups is 1. The van der Waals surface area contributed by atoms with Crippen LogP contribution in [-0.2, 0) is 6.54 Å². The van der Waals surface area contributed by atoms with E-state index in [1.54, 1.807) is 24.1 Å². The first kappa shape index (κ1) is 8.58. The zero-order valence-corrected chi connectivity index (χ0v) is 7.16. The average Bonchev–Trinajstić information content (AvgIpc) is 2.52. The SMILES string of the molecule is CCn1cc(NC(=O)NC)cn1. The van der Waals surface area contributed by atoms with Crippen molar-refractivity contribution in [1.29, 1.82) is 0 Å². The van der Waals surface area contributed by atoms with Crippen molar-refractivity contribution < 1.29 is 4.79 Å². The van der Waals surface area contributed by atoms with Gasteiger partial charge < -0.3 is 10.6 Å². The molecule has 0 aliphatic carbocycles. The Kier molecular flexibility index (Phi) is 2.68. The molecule has 0 aromatic carbocycles. The molecule has 0 unspecified atom stereocenters. The summed E-state index contributed by atoms with van der Waals surface area (Å²) >= 11 is 0. The fourth-order valence-corrected chi connectivity index (χ4v) is 0.795. The third kappa shape index (κ3) is 1.98. The summed E-state index contributed by atoms with van der Waals surface area (Å²) in [5.74, 6) is 0. The number of nitrogens with one attached hydrogen (secondary N) is 2. The Balaban J connectivity index is 2.58. The Morgan fingerprint density at radius 2 is 2.50 bits per heavy atom. The molecule has 0 radical (unpaired) electrons. The van der Waals surface area contributed by atoms with Crippen LogP contribution in [0.4, 0.5) is 10.5 Å². The summed E-state index contributed by atoms with van der Waals surface area (Å²) in [5.41, 5.74) is 0.705. The van der Waals surface area contributed by atoms with Crippen LogP contribution in [0.5, 0.6) is 0 Å². The molecule has 0 atom stereocenters. The van der Waals surface area contributed by atoms with Crippen molar-refractivity contribution in [3.63, 3.8) is 0 Å². The Hall–Kier alpha value is -1.52. The summed E-state index contributed by atoms with van der Waals surface area (Å²) in [6.45, 7) is 2.78. The number of aromatic nitrogens is 2. The molecule has 5 heteroatoms. The van der Waals surface area contributed by atoms with E-state index in [0.717, 1.165) is 6.54 Å². The molecule has 2 N–H and O–H groups in total. The highest BCUT2D eigenvalue weighted by Gasteiger charge is 1.99. The standard InChI is InChI=1S/C7H12N4O/c1-3-11-5-6(4-9-11)10-7(12)8-2/h4-5H,3H2,1-2H3,(H2,8,10,12). The molecule has 5 nitrogen and oxygen atoms in total. The number of rotatable bonds is 2. The van der Waals surface area contributed by atoms with E-state index in [9.17, 15) is 4.79 Å². The Labute approximate surface area is 70.8 Å². The molecule has 0 aliphatic heterocycles. The molecule has 1 heterocycles. The highest BCUT2D eigenvalue weighted by molar-refractivity contribution is 5.88. The first-order chi connectivity index (χ1) is 5.76. The van der Waals surface area contributed by atoms with Gasteiger partial charge in [-0.25, -0.2) is 4.79 Å². The minimum Gasteiger partial charge on any atom is -0.341 e. The normalized spacial score (nSPS) is 9.50. The van der Waals surface area contributed by atoms with E-state index in [2.05, 4.69) is 15.7 Å². The van der Waals surface area contributed by atoms with Gasteiger partial charge in [0.15, 0.2) is 0 Å². The summed E-state index contributed by atoms with van der Waals surface area (Å²) < 4.78 is 1.74. The predicted octanol–water partition coefficient (Wildman–Crippen LogP) is 0.654. The Morgan fingerprint density at radius 1 is 1.75 bits per heavy atom. The van der Waals surface area contributed by atoms with Crippen molar-refractivity contribution in [3.8, 4) is 0 Å². The first-order valence-electron chi connectivity index (χ1n) is 3.77. The number of amides is 2. The maximum absolute atomic E-state index is 10.8. The third-order valence-corrected chi connectivity index (χ3v) is 1.44. The number of hydrogen-bond acceptors (Lipinski definition) is 2. The van der Waals surface area contributed by atoms with E-state index in [4.69, 9.17) is 0 Å². The van der Waals surface area contributed by atoms with Crippen LogP contribution in [0.25, 0.3) is 0 Å². The van der Waals surface area contributed by atoms with E-state index in [0.29, 0.717) is 5.69 Å². The van der Waals surface area contributed by atoms with E-state index in [-0.39, 0.29) is 6.03 Å². The molecular formula is C7H12N4O. The van der Waals surface area contributed by atoms with Crippen LogP contribution in [-0.4, -0.2) is 22.9 Å². The lowest BCUT2D eigenvalue weighted by molar-refractivity contribution is 0.254. The second kappa shape index (κ2) is 3.75. The summed E-state index contributed by atoms with van der Waals surface area (Å²) in [4.78, 5) is 10.8. The van der Waals surface area contributed by atoms with Crippen molar-refractivity contribution in [2.75, 3.05) is 12.4 Å². The highest BCUT2D eigenvalue weighted by Crippen LogP contribution is 2.03. The summed E-state index contributed by atoms with van der Waals surface area (Å²) in [7, 11) is 1.57. The molecule has 0 bridgehead atoms. The molecule has 1 rings (SSSR count). The number of hydrogen-bond donors (Lipinski definition) is 2. The van der Waals surface area contributed by atoms with Crippen molar-refractivity contribution in [3.05, 3.63) is 12.4 Å². The summed E-state index contributed by atoms with van der Waals surface area (Å²) in [5, 5.41) is 9.06. The number of carbonyl (C=O) groups is 1. The van der Waals surface area contributed by atoms with E-state index in [1.165, 1.54) is 0 Å². The second-order valence-corrected chi connectivity index (χ2v) is 2.29. The fraction of sp³-hybridized carbons (Fsp3) is 0.429. The Bertz CT molecular complexity index is 268. The van der Waals surface area contributed by atoms with Gasteiger partial charge in [0.2, 0.25) is 0 Å². The number of nitrogens with zero attached hydrogens (tertiary/aromatic N) is 2. The van der Waals surface area contributed by atoms with Gasteiger partial charge in [-0.2, -0.15) is 5.10 Å². The quantitative estimate of drug-likeness (QED) is 0.681. The van der Waals surface area contributed by atoms with Crippen LogP contribution in [0.1, 0.15) is 6.92 Å². The molecule has 2 amide bonds. The zero-order valence-electron chi connectivity index (χ0n) is 7.16. The number of aryl methyl sites for hydroxylation is 1. The molecule has 1 aromatic rings. The van der Waals surface area contributed by atoms with Gasteiger partial charge >= 0.3 is 6.03 Å². The van der Waals surface area contributed by atoms with Gasteiger partial charge in [-0.3, -0.25) is 4.68 Å². The van der Waals surface area contributed by atoms with E-state index >= 15 is 0 Å². The highest BCUT2D eigenvalue weighted by atomic mass is 16.2. The summed E-state index contributed by atoms with van der Waals surface area (Å²) in [6, 6.07) is -0.231. The van der Waals surface area contributed by atoms with Gasteiger partial charge in [0.1, 0.15) is 0 Å². The first-order valence-corrected chi connectivity index (χ1v) is 3.77. The van der Waals surface area contributed by atoms with Gasteiger partial charge in [0, 0.05) is 19.8 Å². The van der Waals surface area contributed by atoms with Crippen molar-refractivity contribution in [1.82, 2.24) is 15.1 Å². The third-order valence-electron chi connectivity index (χ3n) is 1.44. The van der Waals surface area contributed by atoms with Crippen molar-refractivity contribution >= 4 is 11.7 Å². The molecule has 66 valence electrons. The van der Waals surface area contributed by atoms with E-state index in [1.807, 2.05) is 6.92 Å². The maximum atomic E-state index is 10.8. The van der Waals surface area contributed by atoms with Crippen LogP contribution in [0.3, 0.4) is 0 Å². The monoisotopic (exact) mass is 168 g/mol. The van der Waals surface area contributed by atoms with Crippen LogP contribution in [0.15, 0.2) is 12.4 Å². The minimum atomic E-state index is -0.231. The van der Waals surface area contributed by atoms with Crippen molar-refractivity contribution in [2.45, 2.75) is 13.5 Å². The largest absolute Gasteiger partial charge is 0.341 e. The molecular weight excluding hydrogens is 156 g/mol. The lowest BCUT2D eigenvalue weighted by atomic mass is 10.6.